The average Bonchev–Trinajstić information content (AvgIpc) is 2.67. The molecule has 2 rings (SSSR count). The van der Waals surface area contributed by atoms with E-state index in [1.807, 2.05) is 0 Å². The number of carbonyl (C=O) groups is 2. The van der Waals surface area contributed by atoms with E-state index in [1.54, 1.807) is 6.92 Å². The number of hydrogen-bond acceptors (Lipinski definition) is 5. The second-order valence-corrected chi connectivity index (χ2v) is 4.77. The van der Waals surface area contributed by atoms with Crippen molar-refractivity contribution in [2.24, 2.45) is 5.92 Å². The summed E-state index contributed by atoms with van der Waals surface area (Å²) in [5, 5.41) is 3.76. The predicted octanol–water partition coefficient (Wildman–Crippen LogP) is 1.09. The topological polar surface area (TPSA) is 63.2 Å². The van der Waals surface area contributed by atoms with Gasteiger partial charge in [-0.3, -0.25) is 14.5 Å². The largest absolute Gasteiger partial charge is 0.276 e. The number of rotatable bonds is 2. The molecule has 7 heteroatoms. The van der Waals surface area contributed by atoms with Gasteiger partial charge in [-0.05, 0) is 0 Å². The molecule has 0 saturated carbocycles. The Kier molecular flexibility index (Phi) is 2.70. The lowest BCUT2D eigenvalue weighted by Crippen LogP contribution is -2.29. The van der Waals surface area contributed by atoms with Crippen LogP contribution in [0.15, 0.2) is 0 Å². The molecular weight excluding hydrogens is 238 g/mol. The van der Waals surface area contributed by atoms with Crippen molar-refractivity contribution in [1.82, 2.24) is 14.5 Å². The molecule has 1 aromatic rings. The lowest BCUT2D eigenvalue weighted by atomic mass is 10.1. The second kappa shape index (κ2) is 3.86. The zero-order valence-electron chi connectivity index (χ0n) is 7.94. The molecule has 0 radical (unpaired) electrons. The average molecular weight is 246 g/mol. The van der Waals surface area contributed by atoms with E-state index in [9.17, 15) is 9.59 Å². The van der Waals surface area contributed by atoms with Crippen LogP contribution in [0.2, 0.25) is 4.34 Å². The number of nitrogens with zero attached hydrogens (tertiary/aromatic N) is 3. The number of likely N-dealkylation sites (tertiary alicyclic amines) is 1. The van der Waals surface area contributed by atoms with Gasteiger partial charge < -0.3 is 0 Å². The van der Waals surface area contributed by atoms with Crippen LogP contribution in [-0.2, 0) is 16.1 Å². The SMILES string of the molecule is CC1CC(=O)N(Cc2nnsc2Cl)C1=O. The van der Waals surface area contributed by atoms with Gasteiger partial charge in [0, 0.05) is 23.9 Å². The van der Waals surface area contributed by atoms with Gasteiger partial charge in [-0.1, -0.05) is 23.0 Å². The Labute approximate surface area is 95.2 Å². The van der Waals surface area contributed by atoms with Gasteiger partial charge in [-0.15, -0.1) is 5.10 Å². The van der Waals surface area contributed by atoms with Gasteiger partial charge >= 0.3 is 0 Å². The van der Waals surface area contributed by atoms with Crippen LogP contribution >= 0.6 is 23.1 Å². The molecule has 0 bridgehead atoms. The standard InChI is InChI=1S/C8H8ClN3O2S/c1-4-2-6(13)12(8(4)14)3-5-7(9)15-11-10-5/h4H,2-3H2,1H3. The maximum absolute atomic E-state index is 11.6. The highest BCUT2D eigenvalue weighted by atomic mass is 35.5. The van der Waals surface area contributed by atoms with Gasteiger partial charge in [-0.2, -0.15) is 0 Å². The lowest BCUT2D eigenvalue weighted by molar-refractivity contribution is -0.139. The van der Waals surface area contributed by atoms with Crippen molar-refractivity contribution in [3.8, 4) is 0 Å². The molecule has 2 amide bonds. The summed E-state index contributed by atoms with van der Waals surface area (Å²) in [4.78, 5) is 24.2. The number of aromatic nitrogens is 2. The van der Waals surface area contributed by atoms with E-state index >= 15 is 0 Å². The molecule has 1 atom stereocenters. The zero-order chi connectivity index (χ0) is 11.0. The number of hydrogen-bond donors (Lipinski definition) is 0. The molecule has 0 spiro atoms. The Morgan fingerprint density at radius 3 is 2.80 bits per heavy atom. The van der Waals surface area contributed by atoms with E-state index in [1.165, 1.54) is 4.90 Å². The van der Waals surface area contributed by atoms with Crippen LogP contribution < -0.4 is 0 Å². The third kappa shape index (κ3) is 1.87. The fourth-order valence-electron chi connectivity index (χ4n) is 1.46. The summed E-state index contributed by atoms with van der Waals surface area (Å²) in [5.41, 5.74) is 0.484. The maximum Gasteiger partial charge on any atom is 0.232 e. The molecule has 0 N–H and O–H groups in total. The molecule has 1 saturated heterocycles. The summed E-state index contributed by atoms with van der Waals surface area (Å²) in [6.45, 7) is 1.87. The van der Waals surface area contributed by atoms with Crippen LogP contribution in [0.5, 0.6) is 0 Å². The zero-order valence-corrected chi connectivity index (χ0v) is 9.51. The number of carbonyl (C=O) groups excluding carboxylic acids is 2. The first kappa shape index (κ1) is 10.5. The first-order valence-electron chi connectivity index (χ1n) is 4.40. The quantitative estimate of drug-likeness (QED) is 0.732. The fraction of sp³-hybridized carbons (Fsp3) is 0.500. The molecule has 15 heavy (non-hydrogen) atoms. The molecule has 1 fully saturated rings. The lowest BCUT2D eigenvalue weighted by Gasteiger charge is -2.11. The highest BCUT2D eigenvalue weighted by molar-refractivity contribution is 7.10. The van der Waals surface area contributed by atoms with E-state index in [0.29, 0.717) is 10.0 Å². The minimum Gasteiger partial charge on any atom is -0.276 e. The Morgan fingerprint density at radius 2 is 2.33 bits per heavy atom. The van der Waals surface area contributed by atoms with Crippen LogP contribution in [-0.4, -0.2) is 26.3 Å². The van der Waals surface area contributed by atoms with Crippen molar-refractivity contribution in [3.05, 3.63) is 10.0 Å². The van der Waals surface area contributed by atoms with Crippen molar-refractivity contribution in [2.45, 2.75) is 19.9 Å². The van der Waals surface area contributed by atoms with Gasteiger partial charge in [0.1, 0.15) is 10.0 Å². The van der Waals surface area contributed by atoms with E-state index in [-0.39, 0.29) is 30.7 Å². The molecule has 1 aliphatic rings. The molecule has 1 aromatic heterocycles. The van der Waals surface area contributed by atoms with Crippen molar-refractivity contribution in [2.75, 3.05) is 0 Å². The van der Waals surface area contributed by atoms with Gasteiger partial charge in [0.05, 0.1) is 6.54 Å². The Hall–Kier alpha value is -1.01. The highest BCUT2D eigenvalue weighted by Gasteiger charge is 2.36. The predicted molar refractivity (Wildman–Crippen MR) is 54.3 cm³/mol. The maximum atomic E-state index is 11.6. The Bertz CT molecular complexity index is 420. The van der Waals surface area contributed by atoms with Gasteiger partial charge in [0.2, 0.25) is 11.8 Å². The number of imide groups is 1. The first-order valence-corrected chi connectivity index (χ1v) is 5.55. The monoisotopic (exact) mass is 245 g/mol. The molecule has 1 aliphatic heterocycles. The van der Waals surface area contributed by atoms with Crippen LogP contribution in [0.3, 0.4) is 0 Å². The minimum atomic E-state index is -0.233. The smallest absolute Gasteiger partial charge is 0.232 e. The van der Waals surface area contributed by atoms with Crippen LogP contribution in [0.1, 0.15) is 19.0 Å². The summed E-state index contributed by atoms with van der Waals surface area (Å²) in [5.74, 6) is -0.566. The van der Waals surface area contributed by atoms with E-state index in [0.717, 1.165) is 11.5 Å². The molecule has 5 nitrogen and oxygen atoms in total. The second-order valence-electron chi connectivity index (χ2n) is 3.42. The number of amides is 2. The van der Waals surface area contributed by atoms with Crippen molar-refractivity contribution >= 4 is 34.9 Å². The third-order valence-electron chi connectivity index (χ3n) is 2.29. The highest BCUT2D eigenvalue weighted by Crippen LogP contribution is 2.24. The number of halogens is 1. The van der Waals surface area contributed by atoms with E-state index < -0.39 is 0 Å². The van der Waals surface area contributed by atoms with Crippen LogP contribution in [0.4, 0.5) is 0 Å². The Morgan fingerprint density at radius 1 is 1.60 bits per heavy atom. The van der Waals surface area contributed by atoms with Gasteiger partial charge in [0.15, 0.2) is 0 Å². The fourth-order valence-corrected chi connectivity index (χ4v) is 2.07. The van der Waals surface area contributed by atoms with Crippen molar-refractivity contribution < 1.29 is 9.59 Å². The van der Waals surface area contributed by atoms with Crippen molar-refractivity contribution in [3.63, 3.8) is 0 Å². The Balaban J connectivity index is 2.16. The van der Waals surface area contributed by atoms with Crippen LogP contribution in [0, 0.1) is 5.92 Å². The summed E-state index contributed by atoms with van der Waals surface area (Å²) in [6.07, 6.45) is 0.272. The molecule has 80 valence electrons. The molecule has 0 aromatic carbocycles. The normalized spacial score (nSPS) is 21.5. The van der Waals surface area contributed by atoms with Gasteiger partial charge in [0.25, 0.3) is 0 Å². The molecular formula is C8H8ClN3O2S. The molecule has 1 unspecified atom stereocenters. The third-order valence-corrected chi connectivity index (χ3v) is 3.27. The summed E-state index contributed by atoms with van der Waals surface area (Å²) in [6, 6.07) is 0. The van der Waals surface area contributed by atoms with Crippen molar-refractivity contribution in [1.29, 1.82) is 0 Å². The first-order chi connectivity index (χ1) is 7.09. The van der Waals surface area contributed by atoms with E-state index in [2.05, 4.69) is 9.59 Å². The van der Waals surface area contributed by atoms with E-state index in [4.69, 9.17) is 11.6 Å². The summed E-state index contributed by atoms with van der Waals surface area (Å²) < 4.78 is 4.07. The van der Waals surface area contributed by atoms with Crippen LogP contribution in [0.25, 0.3) is 0 Å². The summed E-state index contributed by atoms with van der Waals surface area (Å²) in [7, 11) is 0. The molecule has 0 aliphatic carbocycles. The molecule has 2 heterocycles. The summed E-state index contributed by atoms with van der Waals surface area (Å²) >= 11 is 6.84. The van der Waals surface area contributed by atoms with Gasteiger partial charge in [-0.25, -0.2) is 0 Å². The minimum absolute atomic E-state index is 0.136.